The number of nitrogens with one attached hydrogen (secondary N) is 1. The third kappa shape index (κ3) is 2.53. The lowest BCUT2D eigenvalue weighted by atomic mass is 10.2. The lowest BCUT2D eigenvalue weighted by Gasteiger charge is -2.11. The minimum absolute atomic E-state index is 0.0243. The summed E-state index contributed by atoms with van der Waals surface area (Å²) in [4.78, 5) is 29.8. The molecule has 1 amide bonds. The van der Waals surface area contributed by atoms with E-state index in [9.17, 15) is 9.59 Å². The summed E-state index contributed by atoms with van der Waals surface area (Å²) in [7, 11) is 0. The number of rotatable bonds is 3. The molecule has 0 saturated carbocycles. The third-order valence-corrected chi connectivity index (χ3v) is 4.93. The lowest BCUT2D eigenvalue weighted by molar-refractivity contribution is 0.102. The molecule has 0 spiro atoms. The molecule has 0 atom stereocenters. The number of fused-ring (bicyclic) bond motifs is 2. The highest BCUT2D eigenvalue weighted by atomic mass is 32.1. The Kier molecular flexibility index (Phi) is 3.65. The van der Waals surface area contributed by atoms with Crippen LogP contribution >= 0.6 is 11.3 Å². The summed E-state index contributed by atoms with van der Waals surface area (Å²) >= 11 is 1.35. The molecule has 0 radical (unpaired) electrons. The van der Waals surface area contributed by atoms with Gasteiger partial charge < -0.3 is 9.88 Å². The average molecular weight is 352 g/mol. The van der Waals surface area contributed by atoms with E-state index in [1.165, 1.54) is 21.9 Å². The molecular formula is C18H16N4O2S. The first-order valence-electron chi connectivity index (χ1n) is 7.92. The number of thiazole rings is 1. The highest BCUT2D eigenvalue weighted by molar-refractivity contribution is 7.15. The van der Waals surface area contributed by atoms with Gasteiger partial charge in [-0.05, 0) is 32.0 Å². The molecule has 1 aromatic carbocycles. The molecule has 7 heteroatoms. The van der Waals surface area contributed by atoms with E-state index in [-0.39, 0.29) is 11.1 Å². The monoisotopic (exact) mass is 352 g/mol. The normalized spacial score (nSPS) is 11.5. The van der Waals surface area contributed by atoms with Gasteiger partial charge in [0.2, 0.25) is 0 Å². The largest absolute Gasteiger partial charge is 0.345 e. The van der Waals surface area contributed by atoms with Crippen molar-refractivity contribution in [1.29, 1.82) is 0 Å². The molecular weight excluding hydrogens is 336 g/mol. The van der Waals surface area contributed by atoms with Gasteiger partial charge in [0.1, 0.15) is 5.56 Å². The maximum Gasteiger partial charge on any atom is 0.271 e. The first-order chi connectivity index (χ1) is 12.1. The number of aromatic nitrogens is 3. The van der Waals surface area contributed by atoms with Gasteiger partial charge in [0, 0.05) is 35.4 Å². The van der Waals surface area contributed by atoms with Crippen LogP contribution in [0.2, 0.25) is 0 Å². The second kappa shape index (κ2) is 5.86. The van der Waals surface area contributed by atoms with E-state index < -0.39 is 5.91 Å². The highest BCUT2D eigenvalue weighted by Gasteiger charge is 2.16. The van der Waals surface area contributed by atoms with Crippen LogP contribution in [0.3, 0.4) is 0 Å². The third-order valence-electron chi connectivity index (χ3n) is 4.16. The van der Waals surface area contributed by atoms with E-state index in [2.05, 4.69) is 28.7 Å². The minimum atomic E-state index is -0.456. The van der Waals surface area contributed by atoms with Crippen LogP contribution in [0.5, 0.6) is 0 Å². The van der Waals surface area contributed by atoms with Crippen LogP contribution in [0.15, 0.2) is 53.0 Å². The first kappa shape index (κ1) is 15.6. The van der Waals surface area contributed by atoms with Crippen LogP contribution in [0, 0.1) is 0 Å². The Bertz CT molecular complexity index is 1150. The van der Waals surface area contributed by atoms with Crippen LogP contribution in [-0.4, -0.2) is 19.9 Å². The van der Waals surface area contributed by atoms with Gasteiger partial charge in [-0.1, -0.05) is 6.07 Å². The highest BCUT2D eigenvalue weighted by Crippen LogP contribution is 2.27. The van der Waals surface area contributed by atoms with Crippen LogP contribution in [0.1, 0.15) is 30.2 Å². The lowest BCUT2D eigenvalue weighted by Crippen LogP contribution is -2.25. The van der Waals surface area contributed by atoms with E-state index >= 15 is 0 Å². The Balaban J connectivity index is 1.74. The smallest absolute Gasteiger partial charge is 0.271 e. The molecule has 4 aromatic rings. The molecule has 0 aliphatic carbocycles. The van der Waals surface area contributed by atoms with E-state index in [4.69, 9.17) is 0 Å². The van der Waals surface area contributed by atoms with Crippen molar-refractivity contribution < 1.29 is 4.79 Å². The van der Waals surface area contributed by atoms with Crippen LogP contribution < -0.4 is 10.9 Å². The number of nitrogens with zero attached hydrogens (tertiary/aromatic N) is 3. The zero-order valence-electron chi connectivity index (χ0n) is 13.8. The summed E-state index contributed by atoms with van der Waals surface area (Å²) in [5, 5.41) is 5.55. The predicted octanol–water partition coefficient (Wildman–Crippen LogP) is 3.54. The van der Waals surface area contributed by atoms with E-state index in [0.717, 1.165) is 10.9 Å². The van der Waals surface area contributed by atoms with Crippen molar-refractivity contribution in [1.82, 2.24) is 14.0 Å². The van der Waals surface area contributed by atoms with Gasteiger partial charge in [-0.3, -0.25) is 14.0 Å². The Morgan fingerprint density at radius 3 is 2.88 bits per heavy atom. The average Bonchev–Trinajstić information content (AvgIpc) is 3.22. The van der Waals surface area contributed by atoms with Crippen molar-refractivity contribution in [3.05, 3.63) is 64.2 Å². The van der Waals surface area contributed by atoms with Gasteiger partial charge in [0.15, 0.2) is 4.96 Å². The quantitative estimate of drug-likeness (QED) is 0.613. The van der Waals surface area contributed by atoms with Crippen molar-refractivity contribution in [3.8, 4) is 0 Å². The van der Waals surface area contributed by atoms with Gasteiger partial charge in [0.05, 0.1) is 11.2 Å². The Labute approximate surface area is 147 Å². The summed E-state index contributed by atoms with van der Waals surface area (Å²) in [5.74, 6) is -0.456. The van der Waals surface area contributed by atoms with Gasteiger partial charge in [0.25, 0.3) is 11.5 Å². The second-order valence-corrected chi connectivity index (χ2v) is 6.91. The fourth-order valence-electron chi connectivity index (χ4n) is 2.92. The maximum absolute atomic E-state index is 12.6. The van der Waals surface area contributed by atoms with Gasteiger partial charge in [-0.15, -0.1) is 11.3 Å². The second-order valence-electron chi connectivity index (χ2n) is 6.04. The molecule has 0 bridgehead atoms. The van der Waals surface area contributed by atoms with Crippen LogP contribution in [0.4, 0.5) is 5.69 Å². The SMILES string of the molecule is CC(C)n1ccc2c(NC(=O)c3cnc4sccn4c3=O)cccc21. The molecule has 1 N–H and O–H groups in total. The molecule has 25 heavy (non-hydrogen) atoms. The summed E-state index contributed by atoms with van der Waals surface area (Å²) in [6, 6.07) is 8.03. The molecule has 0 unspecified atom stereocenters. The molecule has 0 aliphatic rings. The fourth-order valence-corrected chi connectivity index (χ4v) is 3.59. The van der Waals surface area contributed by atoms with E-state index in [1.807, 2.05) is 30.5 Å². The molecule has 0 saturated heterocycles. The zero-order valence-corrected chi connectivity index (χ0v) is 14.6. The topological polar surface area (TPSA) is 68.4 Å². The molecule has 3 aromatic heterocycles. The van der Waals surface area contributed by atoms with Crippen LogP contribution in [0.25, 0.3) is 15.9 Å². The molecule has 0 fully saturated rings. The van der Waals surface area contributed by atoms with Crippen molar-refractivity contribution >= 4 is 38.8 Å². The summed E-state index contributed by atoms with van der Waals surface area (Å²) in [5.41, 5.74) is 1.37. The molecule has 6 nitrogen and oxygen atoms in total. The number of anilines is 1. The molecule has 3 heterocycles. The predicted molar refractivity (Wildman–Crippen MR) is 99.6 cm³/mol. The number of amides is 1. The van der Waals surface area contributed by atoms with Gasteiger partial charge in [-0.25, -0.2) is 4.98 Å². The molecule has 4 rings (SSSR count). The minimum Gasteiger partial charge on any atom is -0.345 e. The van der Waals surface area contributed by atoms with Crippen molar-refractivity contribution in [2.75, 3.05) is 5.32 Å². The van der Waals surface area contributed by atoms with Crippen molar-refractivity contribution in [2.45, 2.75) is 19.9 Å². The summed E-state index contributed by atoms with van der Waals surface area (Å²) < 4.78 is 3.52. The maximum atomic E-state index is 12.6. The number of hydrogen-bond donors (Lipinski definition) is 1. The first-order valence-corrected chi connectivity index (χ1v) is 8.80. The fraction of sp³-hybridized carbons (Fsp3) is 0.167. The number of hydrogen-bond acceptors (Lipinski definition) is 4. The van der Waals surface area contributed by atoms with E-state index in [0.29, 0.717) is 16.7 Å². The van der Waals surface area contributed by atoms with Gasteiger partial charge >= 0.3 is 0 Å². The molecule has 0 aliphatic heterocycles. The Morgan fingerprint density at radius 2 is 2.08 bits per heavy atom. The number of benzene rings is 1. The van der Waals surface area contributed by atoms with Crippen molar-refractivity contribution in [3.63, 3.8) is 0 Å². The van der Waals surface area contributed by atoms with Crippen molar-refractivity contribution in [2.24, 2.45) is 0 Å². The number of carbonyl (C=O) groups excluding carboxylic acids is 1. The Morgan fingerprint density at radius 1 is 1.24 bits per heavy atom. The summed E-state index contributed by atoms with van der Waals surface area (Å²) in [6.45, 7) is 4.21. The molecule has 126 valence electrons. The Hall–Kier alpha value is -2.93. The van der Waals surface area contributed by atoms with Crippen LogP contribution in [-0.2, 0) is 0 Å². The summed E-state index contributed by atoms with van der Waals surface area (Å²) in [6.07, 6.45) is 4.96. The standard InChI is InChI=1S/C18H16N4O2S/c1-11(2)21-7-6-12-14(4-3-5-15(12)21)20-16(23)13-10-19-18-22(17(13)24)8-9-25-18/h3-11H,1-2H3,(H,20,23). The van der Waals surface area contributed by atoms with E-state index in [1.54, 1.807) is 11.6 Å². The zero-order chi connectivity index (χ0) is 17.6. The number of carbonyl (C=O) groups is 1. The van der Waals surface area contributed by atoms with Gasteiger partial charge in [-0.2, -0.15) is 0 Å².